The molecule has 15 nitrogen and oxygen atoms in total. The minimum atomic E-state index is -4.60. The SMILES string of the molecule is C[C@@H]1OC(=O)O[C@@]1(C)C(F)(F)F.C[C@@H]1OC(=O)O[C@H]1F.C[C@H]1OC(=O)O[C@H]1C(F)(F)F.C[C@H]1OC(=O)O[C@H]1F.C[C@]1(C(F)(F)F)COC(=O)O1. The van der Waals surface area contributed by atoms with Gasteiger partial charge < -0.3 is 47.4 Å². The van der Waals surface area contributed by atoms with Gasteiger partial charge in [0.1, 0.15) is 12.7 Å². The van der Waals surface area contributed by atoms with E-state index in [-0.39, 0.29) is 0 Å². The van der Waals surface area contributed by atoms with Crippen molar-refractivity contribution in [1.82, 2.24) is 0 Å². The Labute approximate surface area is 272 Å². The van der Waals surface area contributed by atoms with E-state index < -0.39 is 110 Å². The normalized spacial score (nSPS) is 34.2. The Morgan fingerprint density at radius 1 is 0.540 bits per heavy atom. The van der Waals surface area contributed by atoms with Crippen LogP contribution < -0.4 is 0 Å². The average Bonchev–Trinajstić information content (AvgIpc) is 3.69. The molecule has 5 rings (SSSR count). The standard InChI is InChI=1S/C6H7F3O3.2C5H5F3O3.2C4H5FO3/c1-3-5(2,6(7,8)9)12-4(10)11-3;1-4(5(6,7)8)2-10-3(9)11-4;1-2-3(5(6,7)8)11-4(9)10-2;2*1-2-3(5)8-4(6)7-2/h3H,1-2H3;2H2,1H3;2-3H,1H3;2*2-3H,1H3/t3-,5+;4-;2-,3-;2-,3+;2-,3-/m01101/s1. The van der Waals surface area contributed by atoms with E-state index in [1.807, 2.05) is 0 Å². The third-order valence-corrected chi connectivity index (χ3v) is 6.25. The van der Waals surface area contributed by atoms with Crippen molar-refractivity contribution in [1.29, 1.82) is 0 Å². The number of halogens is 11. The minimum absolute atomic E-state index is 0.748. The van der Waals surface area contributed by atoms with Crippen LogP contribution in [-0.4, -0.2) is 110 Å². The molecule has 0 radical (unpaired) electrons. The first-order valence-corrected chi connectivity index (χ1v) is 13.3. The summed E-state index contributed by atoms with van der Waals surface area (Å²) in [5.74, 6) is 0. The summed E-state index contributed by atoms with van der Waals surface area (Å²) >= 11 is 0. The van der Waals surface area contributed by atoms with Gasteiger partial charge in [0.25, 0.3) is 12.7 Å². The van der Waals surface area contributed by atoms with Crippen LogP contribution in [0, 0.1) is 0 Å². The first-order chi connectivity index (χ1) is 22.4. The summed E-state index contributed by atoms with van der Waals surface area (Å²) in [4.78, 5) is 50.7. The fourth-order valence-corrected chi connectivity index (χ4v) is 3.02. The van der Waals surface area contributed by atoms with Crippen molar-refractivity contribution in [3.63, 3.8) is 0 Å². The maximum Gasteiger partial charge on any atom is 0.511 e. The number of hydrogen-bond acceptors (Lipinski definition) is 15. The third kappa shape index (κ3) is 11.9. The van der Waals surface area contributed by atoms with E-state index in [9.17, 15) is 72.3 Å². The molecule has 0 aliphatic carbocycles. The molecule has 0 aromatic rings. The summed E-state index contributed by atoms with van der Waals surface area (Å²) in [5, 5.41) is 0. The highest BCUT2D eigenvalue weighted by atomic mass is 19.4. The quantitative estimate of drug-likeness (QED) is 0.149. The molecule has 0 saturated carbocycles. The van der Waals surface area contributed by atoms with Crippen LogP contribution >= 0.6 is 0 Å². The van der Waals surface area contributed by atoms with E-state index >= 15 is 0 Å². The van der Waals surface area contributed by atoms with E-state index in [4.69, 9.17) is 0 Å². The zero-order chi connectivity index (χ0) is 39.2. The lowest BCUT2D eigenvalue weighted by atomic mass is 10.0. The van der Waals surface area contributed by atoms with E-state index in [1.165, 1.54) is 13.8 Å². The summed E-state index contributed by atoms with van der Waals surface area (Å²) in [7, 11) is 0. The van der Waals surface area contributed by atoms with Gasteiger partial charge in [-0.3, -0.25) is 0 Å². The lowest BCUT2D eigenvalue weighted by molar-refractivity contribution is -0.250. The van der Waals surface area contributed by atoms with Crippen molar-refractivity contribution in [3.05, 3.63) is 0 Å². The summed E-state index contributed by atoms with van der Waals surface area (Å²) in [5.41, 5.74) is -4.98. The molecule has 0 bridgehead atoms. The molecule has 50 heavy (non-hydrogen) atoms. The number of carbonyl (C=O) groups is 5. The molecule has 5 aliphatic rings. The molecule has 0 spiro atoms. The smallest absolute Gasteiger partial charge is 0.430 e. The zero-order valence-corrected chi connectivity index (χ0v) is 26.0. The number of hydrogen-bond donors (Lipinski definition) is 0. The molecule has 0 N–H and O–H groups in total. The van der Waals surface area contributed by atoms with Gasteiger partial charge in [-0.1, -0.05) is 0 Å². The highest BCUT2D eigenvalue weighted by Gasteiger charge is 2.63. The molecule has 0 amide bonds. The molecule has 26 heteroatoms. The second kappa shape index (κ2) is 16.1. The van der Waals surface area contributed by atoms with E-state index in [2.05, 4.69) is 47.4 Å². The van der Waals surface area contributed by atoms with Crippen LogP contribution in [0.25, 0.3) is 0 Å². The number of alkyl halides is 11. The lowest BCUT2D eigenvalue weighted by Gasteiger charge is -2.26. The van der Waals surface area contributed by atoms with Gasteiger partial charge in [-0.15, -0.1) is 0 Å². The molecule has 0 unspecified atom stereocenters. The molecule has 0 aromatic carbocycles. The molecule has 5 fully saturated rings. The van der Waals surface area contributed by atoms with Crippen LogP contribution in [0.2, 0.25) is 0 Å². The van der Waals surface area contributed by atoms with Gasteiger partial charge in [-0.25, -0.2) is 24.0 Å². The Kier molecular flexibility index (Phi) is 14.0. The van der Waals surface area contributed by atoms with Crippen LogP contribution in [0.15, 0.2) is 0 Å². The molecule has 290 valence electrons. The molecule has 5 saturated heterocycles. The predicted molar refractivity (Wildman–Crippen MR) is 129 cm³/mol. The van der Waals surface area contributed by atoms with Crippen molar-refractivity contribution in [2.75, 3.05) is 6.61 Å². The maximum absolute atomic E-state index is 12.2. The second-order valence-electron chi connectivity index (χ2n) is 10.3. The Morgan fingerprint density at radius 3 is 1.10 bits per heavy atom. The Morgan fingerprint density at radius 2 is 0.960 bits per heavy atom. The summed E-state index contributed by atoms with van der Waals surface area (Å²) < 4.78 is 173. The number of rotatable bonds is 0. The predicted octanol–water partition coefficient (Wildman–Crippen LogP) is 6.48. The highest BCUT2D eigenvalue weighted by molar-refractivity contribution is 5.64. The molecule has 9 atom stereocenters. The molecular weight excluding hydrogens is 737 g/mol. The van der Waals surface area contributed by atoms with Gasteiger partial charge in [-0.2, -0.15) is 48.3 Å². The van der Waals surface area contributed by atoms with Gasteiger partial charge in [0.05, 0.1) is 0 Å². The minimum Gasteiger partial charge on any atom is -0.430 e. The molecule has 5 heterocycles. The summed E-state index contributed by atoms with van der Waals surface area (Å²) in [6.45, 7) is 5.89. The van der Waals surface area contributed by atoms with Gasteiger partial charge in [0.15, 0.2) is 18.3 Å². The fourth-order valence-electron chi connectivity index (χ4n) is 3.02. The third-order valence-electron chi connectivity index (χ3n) is 6.25. The fraction of sp³-hybridized carbons (Fsp3) is 0.792. The van der Waals surface area contributed by atoms with Crippen molar-refractivity contribution in [2.24, 2.45) is 0 Å². The monoisotopic (exact) mass is 764 g/mol. The van der Waals surface area contributed by atoms with Crippen molar-refractivity contribution < 1.29 is 120 Å². The van der Waals surface area contributed by atoms with E-state index in [0.29, 0.717) is 0 Å². The number of carbonyl (C=O) groups excluding carboxylic acids is 5. The lowest BCUT2D eigenvalue weighted by Crippen LogP contribution is -2.49. The van der Waals surface area contributed by atoms with Crippen LogP contribution in [0.5, 0.6) is 0 Å². The van der Waals surface area contributed by atoms with Crippen LogP contribution in [0.1, 0.15) is 41.5 Å². The topological polar surface area (TPSA) is 178 Å². The van der Waals surface area contributed by atoms with Crippen molar-refractivity contribution in [3.8, 4) is 0 Å². The van der Waals surface area contributed by atoms with Gasteiger partial charge in [0.2, 0.25) is 17.3 Å². The Balaban J connectivity index is 0.000000315. The van der Waals surface area contributed by atoms with Crippen LogP contribution in [0.3, 0.4) is 0 Å². The summed E-state index contributed by atoms with van der Waals surface area (Å²) in [6.07, 6.45) is -28.7. The first kappa shape index (κ1) is 43.6. The van der Waals surface area contributed by atoms with Gasteiger partial charge in [0, 0.05) is 0 Å². The highest BCUT2D eigenvalue weighted by Crippen LogP contribution is 2.41. The molecule has 0 aromatic heterocycles. The first-order valence-electron chi connectivity index (χ1n) is 13.3. The Hall–Kier alpha value is -4.42. The maximum atomic E-state index is 12.2. The molecule has 5 aliphatic heterocycles. The summed E-state index contributed by atoms with van der Waals surface area (Å²) in [6, 6.07) is 0. The molecular formula is C24H27F11O15. The van der Waals surface area contributed by atoms with Crippen LogP contribution in [0.4, 0.5) is 72.3 Å². The van der Waals surface area contributed by atoms with E-state index in [1.54, 1.807) is 0 Å². The number of cyclic esters (lactones) is 10. The average molecular weight is 764 g/mol. The van der Waals surface area contributed by atoms with Crippen LogP contribution in [-0.2, 0) is 47.4 Å². The van der Waals surface area contributed by atoms with Gasteiger partial charge >= 0.3 is 49.3 Å². The van der Waals surface area contributed by atoms with Crippen molar-refractivity contribution >= 4 is 30.8 Å². The zero-order valence-electron chi connectivity index (χ0n) is 26.0. The second-order valence-corrected chi connectivity index (χ2v) is 10.3. The van der Waals surface area contributed by atoms with Gasteiger partial charge in [-0.05, 0) is 41.5 Å². The number of ether oxygens (including phenoxy) is 10. The van der Waals surface area contributed by atoms with Crippen molar-refractivity contribution in [2.45, 2.75) is 115 Å². The Bertz CT molecular complexity index is 1170. The van der Waals surface area contributed by atoms with E-state index in [0.717, 1.165) is 27.7 Å². The largest absolute Gasteiger partial charge is 0.511 e.